The lowest BCUT2D eigenvalue weighted by atomic mass is 10.2. The van der Waals surface area contributed by atoms with E-state index in [1.165, 1.54) is 0 Å². The van der Waals surface area contributed by atoms with Gasteiger partial charge in [0.15, 0.2) is 6.10 Å². The zero-order chi connectivity index (χ0) is 9.90. The van der Waals surface area contributed by atoms with Gasteiger partial charge in [0.05, 0.1) is 0 Å². The van der Waals surface area contributed by atoms with E-state index in [1.807, 2.05) is 0 Å². The molecule has 1 rings (SSSR count). The van der Waals surface area contributed by atoms with Crippen molar-refractivity contribution in [3.05, 3.63) is 0 Å². The van der Waals surface area contributed by atoms with Crippen LogP contribution in [-0.4, -0.2) is 31.1 Å². The van der Waals surface area contributed by atoms with E-state index in [1.54, 1.807) is 20.8 Å². The van der Waals surface area contributed by atoms with Gasteiger partial charge in [-0.15, -0.1) is 0 Å². The average Bonchev–Trinajstić information content (AvgIpc) is 1.78. The third-order valence-corrected chi connectivity index (χ3v) is 1.23. The van der Waals surface area contributed by atoms with Gasteiger partial charge < -0.3 is 9.47 Å². The van der Waals surface area contributed by atoms with E-state index < -0.39 is 11.8 Å². The van der Waals surface area contributed by atoms with Crippen LogP contribution >= 0.6 is 0 Å². The number of carbonyl (C=O) groups excluding carboxylic acids is 1. The van der Waals surface area contributed by atoms with Crippen molar-refractivity contribution in [3.8, 4) is 0 Å². The number of hydrogen-bond acceptors (Lipinski definition) is 5. The van der Waals surface area contributed by atoms with Gasteiger partial charge in [-0.05, 0) is 20.8 Å². The molecule has 0 amide bonds. The maximum absolute atomic E-state index is 11.0. The fourth-order valence-electron chi connectivity index (χ4n) is 0.681. The molecule has 0 aliphatic carbocycles. The summed E-state index contributed by atoms with van der Waals surface area (Å²) in [6, 6.07) is 0. The summed E-state index contributed by atoms with van der Waals surface area (Å²) in [6.45, 7) is 5.96. The molecule has 1 atom stereocenters. The summed E-state index contributed by atoms with van der Waals surface area (Å²) >= 11 is 0. The lowest BCUT2D eigenvalue weighted by molar-refractivity contribution is -0.428. The SMILES string of the molecule is CC(C)(C)OC(=O)OCC1COO1. The molecule has 13 heavy (non-hydrogen) atoms. The van der Waals surface area contributed by atoms with E-state index in [2.05, 4.69) is 9.78 Å². The van der Waals surface area contributed by atoms with Gasteiger partial charge in [-0.3, -0.25) is 0 Å². The Hall–Kier alpha value is -0.810. The molecule has 1 aliphatic rings. The van der Waals surface area contributed by atoms with Crippen LogP contribution in [0.15, 0.2) is 0 Å². The van der Waals surface area contributed by atoms with Crippen LogP contribution in [0.3, 0.4) is 0 Å². The maximum Gasteiger partial charge on any atom is 0.508 e. The Morgan fingerprint density at radius 2 is 2.15 bits per heavy atom. The topological polar surface area (TPSA) is 54.0 Å². The van der Waals surface area contributed by atoms with Gasteiger partial charge in [0.2, 0.25) is 0 Å². The molecular formula is C8H14O5. The van der Waals surface area contributed by atoms with Crippen molar-refractivity contribution >= 4 is 6.16 Å². The quantitative estimate of drug-likeness (QED) is 0.484. The third-order valence-electron chi connectivity index (χ3n) is 1.23. The van der Waals surface area contributed by atoms with Gasteiger partial charge in [0, 0.05) is 0 Å². The molecule has 1 heterocycles. The Bertz CT molecular complexity index is 179. The number of rotatable bonds is 2. The summed E-state index contributed by atoms with van der Waals surface area (Å²) in [4.78, 5) is 20.0. The molecule has 0 spiro atoms. The number of hydrogen-bond donors (Lipinski definition) is 0. The first-order valence-corrected chi connectivity index (χ1v) is 4.11. The molecule has 0 aromatic heterocycles. The lowest BCUT2D eigenvalue weighted by Crippen LogP contribution is -2.37. The first-order valence-electron chi connectivity index (χ1n) is 4.11. The van der Waals surface area contributed by atoms with Crippen LogP contribution in [0.2, 0.25) is 0 Å². The highest BCUT2D eigenvalue weighted by molar-refractivity contribution is 5.60. The zero-order valence-corrected chi connectivity index (χ0v) is 8.03. The summed E-state index contributed by atoms with van der Waals surface area (Å²) in [5, 5.41) is 0. The molecule has 0 aromatic rings. The van der Waals surface area contributed by atoms with E-state index >= 15 is 0 Å². The summed E-state index contributed by atoms with van der Waals surface area (Å²) < 4.78 is 9.65. The van der Waals surface area contributed by atoms with Gasteiger partial charge >= 0.3 is 6.16 Å². The first-order chi connectivity index (χ1) is 5.97. The minimum atomic E-state index is -0.678. The van der Waals surface area contributed by atoms with Crippen molar-refractivity contribution in [2.75, 3.05) is 13.2 Å². The van der Waals surface area contributed by atoms with Crippen LogP contribution < -0.4 is 0 Å². The van der Waals surface area contributed by atoms with Crippen molar-refractivity contribution in [2.45, 2.75) is 32.5 Å². The molecule has 76 valence electrons. The molecule has 0 aromatic carbocycles. The number of carbonyl (C=O) groups is 1. The van der Waals surface area contributed by atoms with Crippen molar-refractivity contribution in [1.29, 1.82) is 0 Å². The largest absolute Gasteiger partial charge is 0.508 e. The molecule has 5 nitrogen and oxygen atoms in total. The van der Waals surface area contributed by atoms with Crippen LogP contribution in [0.1, 0.15) is 20.8 Å². The van der Waals surface area contributed by atoms with Crippen LogP contribution in [0.4, 0.5) is 4.79 Å². The summed E-state index contributed by atoms with van der Waals surface area (Å²) in [7, 11) is 0. The highest BCUT2D eigenvalue weighted by Gasteiger charge is 2.24. The second-order valence-corrected chi connectivity index (χ2v) is 3.78. The van der Waals surface area contributed by atoms with Crippen LogP contribution in [0, 0.1) is 0 Å². The predicted octanol–water partition coefficient (Wildman–Crippen LogP) is 1.27. The molecule has 1 fully saturated rings. The normalized spacial score (nSPS) is 21.9. The smallest absolute Gasteiger partial charge is 0.431 e. The van der Waals surface area contributed by atoms with Crippen LogP contribution in [0.25, 0.3) is 0 Å². The predicted molar refractivity (Wildman–Crippen MR) is 43.0 cm³/mol. The maximum atomic E-state index is 11.0. The Morgan fingerprint density at radius 1 is 1.54 bits per heavy atom. The van der Waals surface area contributed by atoms with Crippen molar-refractivity contribution < 1.29 is 24.0 Å². The molecule has 0 bridgehead atoms. The van der Waals surface area contributed by atoms with E-state index in [9.17, 15) is 4.79 Å². The molecule has 0 saturated carbocycles. The zero-order valence-electron chi connectivity index (χ0n) is 8.03. The molecule has 0 radical (unpaired) electrons. The van der Waals surface area contributed by atoms with Crippen LogP contribution in [0.5, 0.6) is 0 Å². The van der Waals surface area contributed by atoms with Gasteiger partial charge in [-0.25, -0.2) is 14.6 Å². The van der Waals surface area contributed by atoms with Crippen molar-refractivity contribution in [2.24, 2.45) is 0 Å². The fraction of sp³-hybridized carbons (Fsp3) is 0.875. The summed E-state index contributed by atoms with van der Waals surface area (Å²) in [5.41, 5.74) is -0.520. The van der Waals surface area contributed by atoms with Crippen molar-refractivity contribution in [3.63, 3.8) is 0 Å². The standard InChI is InChI=1S/C8H14O5/c1-8(2,3)12-7(9)10-4-6-5-11-13-6/h6H,4-5H2,1-3H3. The number of ether oxygens (including phenoxy) is 2. The molecule has 1 aliphatic heterocycles. The summed E-state index contributed by atoms with van der Waals surface area (Å²) in [6.07, 6.45) is -0.824. The molecule has 5 heteroatoms. The Labute approximate surface area is 76.8 Å². The van der Waals surface area contributed by atoms with Gasteiger partial charge in [-0.1, -0.05) is 0 Å². The minimum absolute atomic E-state index is 0.146. The lowest BCUT2D eigenvalue weighted by Gasteiger charge is -2.24. The Morgan fingerprint density at radius 3 is 2.54 bits per heavy atom. The molecule has 1 unspecified atom stereocenters. The third kappa shape index (κ3) is 4.10. The highest BCUT2D eigenvalue weighted by Crippen LogP contribution is 2.10. The fourth-order valence-corrected chi connectivity index (χ4v) is 0.681. The molecule has 0 N–H and O–H groups in total. The first kappa shape index (κ1) is 10.3. The van der Waals surface area contributed by atoms with E-state index in [0.29, 0.717) is 6.61 Å². The average molecular weight is 190 g/mol. The van der Waals surface area contributed by atoms with E-state index in [-0.39, 0.29) is 12.7 Å². The minimum Gasteiger partial charge on any atom is -0.431 e. The van der Waals surface area contributed by atoms with E-state index in [0.717, 1.165) is 0 Å². The van der Waals surface area contributed by atoms with Gasteiger partial charge in [0.25, 0.3) is 0 Å². The monoisotopic (exact) mass is 190 g/mol. The van der Waals surface area contributed by atoms with Gasteiger partial charge in [-0.2, -0.15) is 0 Å². The van der Waals surface area contributed by atoms with E-state index in [4.69, 9.17) is 9.47 Å². The Balaban J connectivity index is 2.10. The summed E-state index contributed by atoms with van der Waals surface area (Å²) in [5.74, 6) is 0. The van der Waals surface area contributed by atoms with Gasteiger partial charge in [0.1, 0.15) is 18.8 Å². The van der Waals surface area contributed by atoms with Crippen LogP contribution in [-0.2, 0) is 19.2 Å². The highest BCUT2D eigenvalue weighted by atomic mass is 17.2. The molecular weight excluding hydrogens is 176 g/mol. The second-order valence-electron chi connectivity index (χ2n) is 3.78. The van der Waals surface area contributed by atoms with Crippen molar-refractivity contribution in [1.82, 2.24) is 0 Å². The second kappa shape index (κ2) is 3.93. The molecule has 1 saturated heterocycles. The Kier molecular flexibility index (Phi) is 3.11.